The summed E-state index contributed by atoms with van der Waals surface area (Å²) in [4.78, 5) is 4.51. The Bertz CT molecular complexity index is 471. The number of nitrogens with zero attached hydrogens (tertiary/aromatic N) is 1. The van der Waals surface area contributed by atoms with E-state index in [1.54, 1.807) is 0 Å². The van der Waals surface area contributed by atoms with Crippen LogP contribution in [0.5, 0.6) is 0 Å². The van der Waals surface area contributed by atoms with Gasteiger partial charge in [-0.25, -0.2) is 0 Å². The molecule has 3 N–H and O–H groups in total. The van der Waals surface area contributed by atoms with Crippen molar-refractivity contribution in [3.05, 3.63) is 29.3 Å². The fourth-order valence-electron chi connectivity index (χ4n) is 2.67. The van der Waals surface area contributed by atoms with E-state index in [4.69, 9.17) is 5.73 Å². The van der Waals surface area contributed by atoms with Crippen LogP contribution in [0.1, 0.15) is 43.7 Å². The molecule has 0 aromatic heterocycles. The smallest absolute Gasteiger partial charge is 0.193 e. The molecule has 3 heteroatoms. The van der Waals surface area contributed by atoms with Crippen LogP contribution in [0.25, 0.3) is 0 Å². The maximum atomic E-state index is 5.97. The Labute approximate surface area is 116 Å². The number of guanidine groups is 1. The first-order chi connectivity index (χ1) is 8.98. The fourth-order valence-corrected chi connectivity index (χ4v) is 2.67. The van der Waals surface area contributed by atoms with Crippen molar-refractivity contribution in [1.82, 2.24) is 0 Å². The van der Waals surface area contributed by atoms with Gasteiger partial charge in [0, 0.05) is 12.2 Å². The van der Waals surface area contributed by atoms with Crippen molar-refractivity contribution in [2.24, 2.45) is 16.1 Å². The van der Waals surface area contributed by atoms with E-state index in [0.29, 0.717) is 11.4 Å². The van der Waals surface area contributed by atoms with Gasteiger partial charge in [-0.1, -0.05) is 25.8 Å². The number of benzene rings is 1. The molecule has 19 heavy (non-hydrogen) atoms. The number of hydrogen-bond donors (Lipinski definition) is 2. The Morgan fingerprint density at radius 2 is 1.95 bits per heavy atom. The molecule has 0 radical (unpaired) electrons. The lowest BCUT2D eigenvalue weighted by atomic mass is 9.89. The summed E-state index contributed by atoms with van der Waals surface area (Å²) >= 11 is 0. The van der Waals surface area contributed by atoms with Gasteiger partial charge in [-0.05, 0) is 55.4 Å². The van der Waals surface area contributed by atoms with Gasteiger partial charge in [0.05, 0.1) is 0 Å². The van der Waals surface area contributed by atoms with Gasteiger partial charge in [0.2, 0.25) is 0 Å². The van der Waals surface area contributed by atoms with Crippen LogP contribution in [0.15, 0.2) is 23.2 Å². The van der Waals surface area contributed by atoms with Gasteiger partial charge in [-0.3, -0.25) is 4.99 Å². The van der Waals surface area contributed by atoms with Crippen LogP contribution in [0.2, 0.25) is 0 Å². The molecule has 0 unspecified atom stereocenters. The third-order valence-electron chi connectivity index (χ3n) is 4.22. The van der Waals surface area contributed by atoms with Gasteiger partial charge in [-0.2, -0.15) is 0 Å². The summed E-state index contributed by atoms with van der Waals surface area (Å²) in [6, 6.07) is 6.25. The topological polar surface area (TPSA) is 50.4 Å². The lowest BCUT2D eigenvalue weighted by Crippen LogP contribution is -2.25. The second-order valence-corrected chi connectivity index (χ2v) is 6.14. The Balaban J connectivity index is 1.96. The molecule has 0 saturated heterocycles. The van der Waals surface area contributed by atoms with E-state index in [1.807, 2.05) is 6.07 Å². The Kier molecular flexibility index (Phi) is 4.13. The molecule has 0 aliphatic heterocycles. The van der Waals surface area contributed by atoms with E-state index in [0.717, 1.165) is 12.2 Å². The summed E-state index contributed by atoms with van der Waals surface area (Å²) in [5.41, 5.74) is 9.90. The van der Waals surface area contributed by atoms with Gasteiger partial charge >= 0.3 is 0 Å². The molecule has 0 bridgehead atoms. The molecule has 1 aromatic carbocycles. The van der Waals surface area contributed by atoms with Crippen molar-refractivity contribution in [2.45, 2.75) is 46.5 Å². The average molecular weight is 259 g/mol. The first kappa shape index (κ1) is 13.9. The molecular formula is C16H25N3. The van der Waals surface area contributed by atoms with Crippen molar-refractivity contribution in [2.75, 3.05) is 11.9 Å². The highest BCUT2D eigenvalue weighted by molar-refractivity contribution is 5.92. The summed E-state index contributed by atoms with van der Waals surface area (Å²) in [7, 11) is 0. The van der Waals surface area contributed by atoms with E-state index < -0.39 is 0 Å². The molecule has 0 atom stereocenters. The molecule has 0 amide bonds. The lowest BCUT2D eigenvalue weighted by Gasteiger charge is -2.20. The van der Waals surface area contributed by atoms with Gasteiger partial charge in [0.1, 0.15) is 0 Å². The van der Waals surface area contributed by atoms with Crippen molar-refractivity contribution >= 4 is 11.6 Å². The van der Waals surface area contributed by atoms with Crippen molar-refractivity contribution in [1.29, 1.82) is 0 Å². The number of hydrogen-bond acceptors (Lipinski definition) is 1. The number of aliphatic imine (C=N–C) groups is 1. The average Bonchev–Trinajstić information content (AvgIpc) is 2.79. The van der Waals surface area contributed by atoms with Crippen LogP contribution in [-0.4, -0.2) is 12.5 Å². The molecule has 1 aromatic rings. The molecule has 1 aliphatic carbocycles. The van der Waals surface area contributed by atoms with E-state index in [9.17, 15) is 0 Å². The third kappa shape index (κ3) is 3.72. The minimum absolute atomic E-state index is 0.357. The van der Waals surface area contributed by atoms with E-state index >= 15 is 0 Å². The largest absolute Gasteiger partial charge is 0.370 e. The highest BCUT2D eigenvalue weighted by Gasteiger charge is 2.28. The van der Waals surface area contributed by atoms with Gasteiger partial charge < -0.3 is 11.1 Å². The highest BCUT2D eigenvalue weighted by atomic mass is 15.1. The number of rotatable bonds is 3. The molecule has 2 rings (SSSR count). The molecule has 0 spiro atoms. The molecule has 1 saturated carbocycles. The minimum atomic E-state index is 0.357. The second kappa shape index (κ2) is 5.64. The van der Waals surface area contributed by atoms with Gasteiger partial charge in [0.15, 0.2) is 5.96 Å². The SMILES string of the molecule is Cc1ccc(NC(N)=NCC2(C)CCCC2)cc1C. The summed E-state index contributed by atoms with van der Waals surface area (Å²) < 4.78 is 0. The first-order valence-corrected chi connectivity index (χ1v) is 7.13. The molecule has 1 aliphatic rings. The van der Waals surface area contributed by atoms with Gasteiger partial charge in [0.25, 0.3) is 0 Å². The van der Waals surface area contributed by atoms with Crippen molar-refractivity contribution in [3.8, 4) is 0 Å². The molecule has 104 valence electrons. The summed E-state index contributed by atoms with van der Waals surface area (Å²) in [5, 5.41) is 3.18. The molecule has 0 heterocycles. The van der Waals surface area contributed by atoms with E-state index in [-0.39, 0.29) is 0 Å². The van der Waals surface area contributed by atoms with Crippen LogP contribution in [0, 0.1) is 19.3 Å². The number of nitrogens with two attached hydrogens (primary N) is 1. The zero-order valence-corrected chi connectivity index (χ0v) is 12.3. The summed E-state index contributed by atoms with van der Waals surface area (Å²) in [5.74, 6) is 0.524. The quantitative estimate of drug-likeness (QED) is 0.643. The molecule has 3 nitrogen and oxygen atoms in total. The number of nitrogens with one attached hydrogen (secondary N) is 1. The van der Waals surface area contributed by atoms with Gasteiger partial charge in [-0.15, -0.1) is 0 Å². The van der Waals surface area contributed by atoms with Crippen LogP contribution in [0.3, 0.4) is 0 Å². The maximum Gasteiger partial charge on any atom is 0.193 e. The maximum absolute atomic E-state index is 5.97. The van der Waals surface area contributed by atoms with Crippen LogP contribution in [-0.2, 0) is 0 Å². The summed E-state index contributed by atoms with van der Waals surface area (Å²) in [6.45, 7) is 7.36. The first-order valence-electron chi connectivity index (χ1n) is 7.13. The minimum Gasteiger partial charge on any atom is -0.370 e. The lowest BCUT2D eigenvalue weighted by molar-refractivity contribution is 0.351. The summed E-state index contributed by atoms with van der Waals surface area (Å²) in [6.07, 6.45) is 5.20. The van der Waals surface area contributed by atoms with Crippen molar-refractivity contribution < 1.29 is 0 Å². The normalized spacial score (nSPS) is 18.6. The molecular weight excluding hydrogens is 234 g/mol. The molecule has 1 fully saturated rings. The van der Waals surface area contributed by atoms with Crippen molar-refractivity contribution in [3.63, 3.8) is 0 Å². The third-order valence-corrected chi connectivity index (χ3v) is 4.22. The van der Waals surface area contributed by atoms with Crippen LogP contribution >= 0.6 is 0 Å². The van der Waals surface area contributed by atoms with E-state index in [2.05, 4.69) is 43.2 Å². The zero-order chi connectivity index (χ0) is 13.9. The highest BCUT2D eigenvalue weighted by Crippen LogP contribution is 2.37. The fraction of sp³-hybridized carbons (Fsp3) is 0.562. The Morgan fingerprint density at radius 1 is 1.26 bits per heavy atom. The van der Waals surface area contributed by atoms with Crippen LogP contribution in [0.4, 0.5) is 5.69 Å². The monoisotopic (exact) mass is 259 g/mol. The number of anilines is 1. The second-order valence-electron chi connectivity index (χ2n) is 6.14. The zero-order valence-electron chi connectivity index (χ0n) is 12.3. The number of aryl methyl sites for hydroxylation is 2. The standard InChI is InChI=1S/C16H25N3/c1-12-6-7-14(10-13(12)2)19-15(17)18-11-16(3)8-4-5-9-16/h6-7,10H,4-5,8-9,11H2,1-3H3,(H3,17,18,19). The Hall–Kier alpha value is -1.51. The van der Waals surface area contributed by atoms with Crippen LogP contribution < -0.4 is 11.1 Å². The van der Waals surface area contributed by atoms with E-state index in [1.165, 1.54) is 36.8 Å². The Morgan fingerprint density at radius 3 is 2.58 bits per heavy atom. The predicted octanol–water partition coefficient (Wildman–Crippen LogP) is 3.61. The predicted molar refractivity (Wildman–Crippen MR) is 82.6 cm³/mol.